The summed E-state index contributed by atoms with van der Waals surface area (Å²) in [7, 11) is 2.07. The van der Waals surface area contributed by atoms with Crippen molar-refractivity contribution < 1.29 is 0 Å². The number of nitrogens with one attached hydrogen (secondary N) is 1. The maximum atomic E-state index is 6.33. The maximum Gasteiger partial charge on any atom is 0.0502 e. The second kappa shape index (κ2) is 5.56. The summed E-state index contributed by atoms with van der Waals surface area (Å²) in [5, 5.41) is 5.56. The van der Waals surface area contributed by atoms with Gasteiger partial charge in [0.2, 0.25) is 0 Å². The molecule has 19 heavy (non-hydrogen) atoms. The van der Waals surface area contributed by atoms with Crippen LogP contribution in [0.15, 0.2) is 24.4 Å². The molecule has 2 aromatic rings. The van der Waals surface area contributed by atoms with Crippen molar-refractivity contribution in [3.63, 3.8) is 0 Å². The summed E-state index contributed by atoms with van der Waals surface area (Å²) in [5.41, 5.74) is 2.86. The molecule has 0 aliphatic rings. The quantitative estimate of drug-likeness (QED) is 0.836. The summed E-state index contributed by atoms with van der Waals surface area (Å²) in [6.07, 6.45) is 3.20. The van der Waals surface area contributed by atoms with Crippen LogP contribution in [0.5, 0.6) is 0 Å². The van der Waals surface area contributed by atoms with Crippen molar-refractivity contribution in [1.29, 1.82) is 0 Å². The molecule has 1 N–H and O–H groups in total. The molecule has 0 bridgehead atoms. The molecule has 0 aliphatic carbocycles. The number of fused-ring (bicyclic) bond motifs is 1. The van der Waals surface area contributed by atoms with E-state index in [0.29, 0.717) is 5.41 Å². The van der Waals surface area contributed by atoms with E-state index in [4.69, 9.17) is 11.6 Å². The van der Waals surface area contributed by atoms with Crippen LogP contribution in [0, 0.1) is 5.41 Å². The van der Waals surface area contributed by atoms with Crippen molar-refractivity contribution in [3.8, 4) is 0 Å². The first kappa shape index (κ1) is 14.4. The van der Waals surface area contributed by atoms with Crippen molar-refractivity contribution >= 4 is 22.5 Å². The summed E-state index contributed by atoms with van der Waals surface area (Å²) in [5.74, 6) is 0. The Bertz CT molecular complexity index is 564. The van der Waals surface area contributed by atoms with Crippen molar-refractivity contribution in [2.24, 2.45) is 12.5 Å². The highest BCUT2D eigenvalue weighted by molar-refractivity contribution is 6.35. The van der Waals surface area contributed by atoms with E-state index in [-0.39, 0.29) is 0 Å². The van der Waals surface area contributed by atoms with Gasteiger partial charge in [-0.1, -0.05) is 38.4 Å². The Labute approximate surface area is 120 Å². The lowest BCUT2D eigenvalue weighted by Crippen LogP contribution is -2.28. The van der Waals surface area contributed by atoms with Crippen LogP contribution in [-0.4, -0.2) is 17.7 Å². The summed E-state index contributed by atoms with van der Waals surface area (Å²) in [6, 6.07) is 6.09. The third kappa shape index (κ3) is 3.52. The lowest BCUT2D eigenvalue weighted by atomic mass is 9.97. The minimum atomic E-state index is 0.330. The van der Waals surface area contributed by atoms with E-state index in [1.54, 1.807) is 0 Å². The van der Waals surface area contributed by atoms with Crippen LogP contribution in [0.2, 0.25) is 5.02 Å². The van der Waals surface area contributed by atoms with Crippen LogP contribution >= 0.6 is 11.6 Å². The molecular weight excluding hydrogens is 256 g/mol. The molecular formula is C16H23ClN2. The van der Waals surface area contributed by atoms with Crippen molar-refractivity contribution in [3.05, 3.63) is 35.0 Å². The highest BCUT2D eigenvalue weighted by Crippen LogP contribution is 2.28. The van der Waals surface area contributed by atoms with E-state index in [9.17, 15) is 0 Å². The molecule has 1 heterocycles. The van der Waals surface area contributed by atoms with E-state index in [1.807, 2.05) is 12.1 Å². The molecule has 104 valence electrons. The van der Waals surface area contributed by atoms with Gasteiger partial charge in [0.25, 0.3) is 0 Å². The molecule has 3 heteroatoms. The number of hydrogen-bond acceptors (Lipinski definition) is 1. The molecule has 0 atom stereocenters. The Hall–Kier alpha value is -0.990. The predicted molar refractivity (Wildman–Crippen MR) is 84.0 cm³/mol. The van der Waals surface area contributed by atoms with Gasteiger partial charge in [-0.2, -0.15) is 0 Å². The Morgan fingerprint density at radius 2 is 2.00 bits per heavy atom. The fourth-order valence-corrected chi connectivity index (χ4v) is 2.66. The van der Waals surface area contributed by atoms with Gasteiger partial charge in [-0.15, -0.1) is 0 Å². The largest absolute Gasteiger partial charge is 0.350 e. The van der Waals surface area contributed by atoms with Crippen LogP contribution in [0.25, 0.3) is 10.9 Å². The average molecular weight is 279 g/mol. The maximum absolute atomic E-state index is 6.33. The fourth-order valence-electron chi connectivity index (χ4n) is 2.37. The van der Waals surface area contributed by atoms with Gasteiger partial charge < -0.3 is 9.88 Å². The normalized spacial score (nSPS) is 12.3. The van der Waals surface area contributed by atoms with Crippen LogP contribution < -0.4 is 5.32 Å². The third-order valence-corrected chi connectivity index (χ3v) is 3.58. The summed E-state index contributed by atoms with van der Waals surface area (Å²) < 4.78 is 2.15. The molecule has 0 saturated heterocycles. The zero-order valence-corrected chi connectivity index (χ0v) is 13.0. The molecule has 0 radical (unpaired) electrons. The number of benzene rings is 1. The lowest BCUT2D eigenvalue weighted by molar-refractivity contribution is 0.382. The molecule has 0 fully saturated rings. The van der Waals surface area contributed by atoms with Crippen molar-refractivity contribution in [1.82, 2.24) is 9.88 Å². The van der Waals surface area contributed by atoms with E-state index in [2.05, 4.69) is 50.0 Å². The topological polar surface area (TPSA) is 17.0 Å². The first-order valence-corrected chi connectivity index (χ1v) is 7.19. The first-order chi connectivity index (χ1) is 8.88. The first-order valence-electron chi connectivity index (χ1n) is 6.81. The molecule has 0 saturated carbocycles. The molecule has 2 nitrogen and oxygen atoms in total. The Balaban J connectivity index is 2.09. The Kier molecular flexibility index (Phi) is 4.22. The van der Waals surface area contributed by atoms with Gasteiger partial charge in [-0.3, -0.25) is 0 Å². The minimum Gasteiger partial charge on any atom is -0.350 e. The van der Waals surface area contributed by atoms with E-state index in [0.717, 1.165) is 24.5 Å². The summed E-state index contributed by atoms with van der Waals surface area (Å²) in [6.45, 7) is 8.76. The number of nitrogens with zero attached hydrogens (tertiary/aromatic N) is 1. The highest BCUT2D eigenvalue weighted by atomic mass is 35.5. The van der Waals surface area contributed by atoms with Gasteiger partial charge in [0.05, 0.1) is 5.02 Å². The minimum absolute atomic E-state index is 0.330. The number of halogens is 1. The van der Waals surface area contributed by atoms with Gasteiger partial charge in [0, 0.05) is 30.7 Å². The second-order valence-electron chi connectivity index (χ2n) is 6.39. The fraction of sp³-hybridized carbons (Fsp3) is 0.500. The smallest absolute Gasteiger partial charge is 0.0502 e. The monoisotopic (exact) mass is 278 g/mol. The van der Waals surface area contributed by atoms with Gasteiger partial charge in [-0.05, 0) is 36.1 Å². The zero-order chi connectivity index (χ0) is 14.0. The van der Waals surface area contributed by atoms with E-state index >= 15 is 0 Å². The molecule has 0 spiro atoms. The van der Waals surface area contributed by atoms with E-state index < -0.39 is 0 Å². The van der Waals surface area contributed by atoms with Crippen LogP contribution in [0.1, 0.15) is 26.3 Å². The Morgan fingerprint density at radius 1 is 1.26 bits per heavy atom. The molecule has 0 unspecified atom stereocenters. The van der Waals surface area contributed by atoms with Crippen molar-refractivity contribution in [2.45, 2.75) is 27.2 Å². The molecule has 0 amide bonds. The molecule has 0 aliphatic heterocycles. The number of aromatic nitrogens is 1. The number of aryl methyl sites for hydroxylation is 1. The lowest BCUT2D eigenvalue weighted by Gasteiger charge is -2.18. The zero-order valence-electron chi connectivity index (χ0n) is 12.3. The molecule has 1 aromatic carbocycles. The molecule has 1 aromatic heterocycles. The van der Waals surface area contributed by atoms with Gasteiger partial charge in [0.1, 0.15) is 0 Å². The van der Waals surface area contributed by atoms with Crippen molar-refractivity contribution in [2.75, 3.05) is 13.1 Å². The molecule has 2 rings (SSSR count). The Morgan fingerprint density at radius 3 is 2.68 bits per heavy atom. The van der Waals surface area contributed by atoms with Gasteiger partial charge >= 0.3 is 0 Å². The number of hydrogen-bond donors (Lipinski definition) is 1. The number of rotatable bonds is 4. The highest BCUT2D eigenvalue weighted by Gasteiger charge is 2.11. The SMILES string of the molecule is Cn1cc(CCNCC(C)(C)C)c2c(Cl)cccc21. The van der Waals surface area contributed by atoms with Crippen LogP contribution in [0.4, 0.5) is 0 Å². The summed E-state index contributed by atoms with van der Waals surface area (Å²) in [4.78, 5) is 0. The summed E-state index contributed by atoms with van der Waals surface area (Å²) >= 11 is 6.33. The second-order valence-corrected chi connectivity index (χ2v) is 6.79. The van der Waals surface area contributed by atoms with Crippen LogP contribution in [0.3, 0.4) is 0 Å². The average Bonchev–Trinajstić information content (AvgIpc) is 2.62. The van der Waals surface area contributed by atoms with Crippen LogP contribution in [-0.2, 0) is 13.5 Å². The van der Waals surface area contributed by atoms with Gasteiger partial charge in [0.15, 0.2) is 0 Å². The third-order valence-electron chi connectivity index (χ3n) is 3.27. The standard InChI is InChI=1S/C16H23ClN2/c1-16(2,3)11-18-9-8-12-10-19(4)14-7-5-6-13(17)15(12)14/h5-7,10,18H,8-9,11H2,1-4H3. The van der Waals surface area contributed by atoms with Gasteiger partial charge in [-0.25, -0.2) is 0 Å². The predicted octanol–water partition coefficient (Wildman–Crippen LogP) is 4.01. The van der Waals surface area contributed by atoms with E-state index in [1.165, 1.54) is 16.5 Å².